The lowest BCUT2D eigenvalue weighted by Gasteiger charge is -2.12. The van der Waals surface area contributed by atoms with Crippen molar-refractivity contribution in [2.45, 2.75) is 6.92 Å². The van der Waals surface area contributed by atoms with Crippen LogP contribution in [-0.2, 0) is 0 Å². The molecular formula is C10H10ClNOS. The second-order valence-corrected chi connectivity index (χ2v) is 4.18. The standard InChI is InChI=1S/C10H10ClNOS/c1-4-5-12(3)10(13)9-8(11)7(2)6-14-9/h1,6H,5H2,2-3H3. The van der Waals surface area contributed by atoms with Gasteiger partial charge in [0.1, 0.15) is 4.88 Å². The molecule has 0 atom stereocenters. The lowest BCUT2D eigenvalue weighted by atomic mass is 10.3. The van der Waals surface area contributed by atoms with E-state index in [-0.39, 0.29) is 5.91 Å². The van der Waals surface area contributed by atoms with Gasteiger partial charge < -0.3 is 4.90 Å². The summed E-state index contributed by atoms with van der Waals surface area (Å²) in [4.78, 5) is 13.8. The minimum Gasteiger partial charge on any atom is -0.330 e. The maximum atomic E-state index is 11.7. The van der Waals surface area contributed by atoms with Gasteiger partial charge in [-0.1, -0.05) is 17.5 Å². The monoisotopic (exact) mass is 227 g/mol. The van der Waals surface area contributed by atoms with E-state index in [1.807, 2.05) is 12.3 Å². The van der Waals surface area contributed by atoms with Crippen LogP contribution in [0.3, 0.4) is 0 Å². The topological polar surface area (TPSA) is 20.3 Å². The lowest BCUT2D eigenvalue weighted by Crippen LogP contribution is -2.26. The van der Waals surface area contributed by atoms with Gasteiger partial charge >= 0.3 is 0 Å². The van der Waals surface area contributed by atoms with E-state index in [1.165, 1.54) is 16.2 Å². The molecule has 0 aromatic carbocycles. The number of carbonyl (C=O) groups excluding carboxylic acids is 1. The highest BCUT2D eigenvalue weighted by atomic mass is 35.5. The molecule has 0 bridgehead atoms. The number of thiophene rings is 1. The van der Waals surface area contributed by atoms with Crippen molar-refractivity contribution in [2.75, 3.05) is 13.6 Å². The Balaban J connectivity index is 2.91. The summed E-state index contributed by atoms with van der Waals surface area (Å²) in [5.41, 5.74) is 0.925. The van der Waals surface area contributed by atoms with Gasteiger partial charge in [-0.2, -0.15) is 0 Å². The van der Waals surface area contributed by atoms with Crippen LogP contribution in [0.5, 0.6) is 0 Å². The molecule has 14 heavy (non-hydrogen) atoms. The average molecular weight is 228 g/mol. The van der Waals surface area contributed by atoms with Gasteiger partial charge in [0.25, 0.3) is 5.91 Å². The summed E-state index contributed by atoms with van der Waals surface area (Å²) in [6.07, 6.45) is 5.12. The van der Waals surface area contributed by atoms with Crippen LogP contribution >= 0.6 is 22.9 Å². The molecule has 74 valence electrons. The molecule has 0 aliphatic carbocycles. The zero-order valence-corrected chi connectivity index (χ0v) is 9.58. The maximum absolute atomic E-state index is 11.7. The Morgan fingerprint density at radius 2 is 2.43 bits per heavy atom. The highest BCUT2D eigenvalue weighted by molar-refractivity contribution is 7.13. The molecule has 0 spiro atoms. The van der Waals surface area contributed by atoms with Gasteiger partial charge in [0, 0.05) is 7.05 Å². The summed E-state index contributed by atoms with van der Waals surface area (Å²) in [5, 5.41) is 2.39. The van der Waals surface area contributed by atoms with Crippen molar-refractivity contribution in [3.8, 4) is 12.3 Å². The van der Waals surface area contributed by atoms with E-state index in [0.717, 1.165) is 5.56 Å². The fourth-order valence-corrected chi connectivity index (χ4v) is 2.22. The van der Waals surface area contributed by atoms with E-state index >= 15 is 0 Å². The van der Waals surface area contributed by atoms with Gasteiger partial charge in [-0.25, -0.2) is 0 Å². The molecule has 0 unspecified atom stereocenters. The van der Waals surface area contributed by atoms with E-state index in [9.17, 15) is 4.79 Å². The van der Waals surface area contributed by atoms with Crippen molar-refractivity contribution in [3.63, 3.8) is 0 Å². The predicted molar refractivity (Wildman–Crippen MR) is 59.9 cm³/mol. The minimum absolute atomic E-state index is 0.119. The van der Waals surface area contributed by atoms with Gasteiger partial charge in [0.2, 0.25) is 0 Å². The molecule has 0 saturated carbocycles. The molecule has 0 fully saturated rings. The number of nitrogens with zero attached hydrogens (tertiary/aromatic N) is 1. The van der Waals surface area contributed by atoms with Crippen LogP contribution in [0, 0.1) is 19.3 Å². The molecule has 0 aliphatic rings. The Bertz CT molecular complexity index is 391. The molecule has 0 N–H and O–H groups in total. The van der Waals surface area contributed by atoms with Crippen LogP contribution in [0.15, 0.2) is 5.38 Å². The molecule has 1 aromatic rings. The van der Waals surface area contributed by atoms with Crippen LogP contribution in [0.1, 0.15) is 15.2 Å². The normalized spacial score (nSPS) is 9.57. The third-order valence-electron chi connectivity index (χ3n) is 1.77. The van der Waals surface area contributed by atoms with Crippen molar-refractivity contribution in [1.29, 1.82) is 0 Å². The first-order valence-electron chi connectivity index (χ1n) is 4.00. The Labute approximate surface area is 92.5 Å². The van der Waals surface area contributed by atoms with Gasteiger partial charge in [0.05, 0.1) is 11.6 Å². The fourth-order valence-electron chi connectivity index (χ4n) is 0.956. The predicted octanol–water partition coefficient (Wildman–Crippen LogP) is 2.42. The van der Waals surface area contributed by atoms with Crippen LogP contribution in [-0.4, -0.2) is 24.4 Å². The van der Waals surface area contributed by atoms with Crippen molar-refractivity contribution in [3.05, 3.63) is 20.8 Å². The minimum atomic E-state index is -0.119. The first kappa shape index (κ1) is 11.1. The number of rotatable bonds is 2. The number of hydrogen-bond donors (Lipinski definition) is 0. The van der Waals surface area contributed by atoms with Gasteiger partial charge in [-0.3, -0.25) is 4.79 Å². The summed E-state index contributed by atoms with van der Waals surface area (Å²) in [7, 11) is 1.66. The van der Waals surface area contributed by atoms with Gasteiger partial charge in [-0.05, 0) is 17.9 Å². The number of amides is 1. The largest absolute Gasteiger partial charge is 0.330 e. The number of terminal acetylenes is 1. The Morgan fingerprint density at radius 3 is 2.86 bits per heavy atom. The van der Waals surface area contributed by atoms with E-state index in [0.29, 0.717) is 16.4 Å². The molecular weight excluding hydrogens is 218 g/mol. The first-order chi connectivity index (χ1) is 6.57. The summed E-state index contributed by atoms with van der Waals surface area (Å²) >= 11 is 7.31. The van der Waals surface area contributed by atoms with Crippen molar-refractivity contribution in [1.82, 2.24) is 4.90 Å². The van der Waals surface area contributed by atoms with Gasteiger partial charge in [-0.15, -0.1) is 17.8 Å². The zero-order chi connectivity index (χ0) is 10.7. The zero-order valence-electron chi connectivity index (χ0n) is 8.00. The quantitative estimate of drug-likeness (QED) is 0.711. The Hall–Kier alpha value is -0.980. The van der Waals surface area contributed by atoms with Crippen molar-refractivity contribution >= 4 is 28.8 Å². The first-order valence-corrected chi connectivity index (χ1v) is 5.26. The summed E-state index contributed by atoms with van der Waals surface area (Å²) < 4.78 is 0. The molecule has 1 aromatic heterocycles. The maximum Gasteiger partial charge on any atom is 0.265 e. The van der Waals surface area contributed by atoms with Crippen molar-refractivity contribution < 1.29 is 4.79 Å². The number of carbonyl (C=O) groups is 1. The molecule has 1 rings (SSSR count). The summed E-state index contributed by atoms with van der Waals surface area (Å²) in [6.45, 7) is 2.17. The Morgan fingerprint density at radius 1 is 1.79 bits per heavy atom. The summed E-state index contributed by atoms with van der Waals surface area (Å²) in [6, 6.07) is 0. The molecule has 0 saturated heterocycles. The smallest absolute Gasteiger partial charge is 0.265 e. The summed E-state index contributed by atoms with van der Waals surface area (Å²) in [5.74, 6) is 2.29. The van der Waals surface area contributed by atoms with Crippen LogP contribution in [0.2, 0.25) is 5.02 Å². The molecule has 4 heteroatoms. The molecule has 0 aliphatic heterocycles. The lowest BCUT2D eigenvalue weighted by molar-refractivity contribution is 0.0817. The second-order valence-electron chi connectivity index (χ2n) is 2.93. The highest BCUT2D eigenvalue weighted by Crippen LogP contribution is 2.27. The number of hydrogen-bond acceptors (Lipinski definition) is 2. The van der Waals surface area contributed by atoms with E-state index in [4.69, 9.17) is 18.0 Å². The van der Waals surface area contributed by atoms with Crippen LogP contribution in [0.4, 0.5) is 0 Å². The second kappa shape index (κ2) is 4.50. The van der Waals surface area contributed by atoms with Crippen LogP contribution in [0.25, 0.3) is 0 Å². The van der Waals surface area contributed by atoms with Gasteiger partial charge in [0.15, 0.2) is 0 Å². The average Bonchev–Trinajstić information content (AvgIpc) is 2.47. The molecule has 2 nitrogen and oxygen atoms in total. The number of halogens is 1. The van der Waals surface area contributed by atoms with E-state index in [2.05, 4.69) is 5.92 Å². The Kier molecular flexibility index (Phi) is 3.56. The van der Waals surface area contributed by atoms with Crippen molar-refractivity contribution in [2.24, 2.45) is 0 Å². The van der Waals surface area contributed by atoms with E-state index < -0.39 is 0 Å². The third-order valence-corrected chi connectivity index (χ3v) is 3.45. The van der Waals surface area contributed by atoms with Crippen LogP contribution < -0.4 is 0 Å². The fraction of sp³-hybridized carbons (Fsp3) is 0.300. The molecule has 1 heterocycles. The SMILES string of the molecule is C#CCN(C)C(=O)c1scc(C)c1Cl. The third kappa shape index (κ3) is 2.09. The molecule has 1 amide bonds. The highest BCUT2D eigenvalue weighted by Gasteiger charge is 2.17. The number of aryl methyl sites for hydroxylation is 1. The molecule has 0 radical (unpaired) electrons. The van der Waals surface area contributed by atoms with E-state index in [1.54, 1.807) is 7.05 Å².